The van der Waals surface area contributed by atoms with Crippen LogP contribution in [0.3, 0.4) is 0 Å². The Hall–Kier alpha value is 0. The fourth-order valence-corrected chi connectivity index (χ4v) is 0.343. The van der Waals surface area contributed by atoms with Crippen molar-refractivity contribution in [2.75, 3.05) is 4.43 Å². The third-order valence-corrected chi connectivity index (χ3v) is 1.17. The molecule has 0 fully saturated rings. The summed E-state index contributed by atoms with van der Waals surface area (Å²) in [6, 6.07) is 0. The standard InChI is InChI=1S/C2H4INO2/c4-3-1-2(5)6/h4H,1H2,(H,5,6)/i/hD. The Labute approximate surface area is 46.8 Å². The topological polar surface area (TPSA) is 61.2 Å². The molecule has 0 spiro atoms. The SMILES string of the molecule is [2H]N=ICC(=O)O. The number of carbonyl (C=O) groups is 1. The maximum Gasteiger partial charge on any atom is 0.314 e. The van der Waals surface area contributed by atoms with E-state index in [9.17, 15) is 4.79 Å². The molecule has 0 aliphatic carbocycles. The Morgan fingerprint density at radius 2 is 3.00 bits per heavy atom. The molecule has 0 rings (SSSR count). The van der Waals surface area contributed by atoms with Crippen LogP contribution >= 0.6 is 21.0 Å². The third kappa shape index (κ3) is 4.00. The van der Waals surface area contributed by atoms with Gasteiger partial charge in [-0.3, -0.25) is 8.35 Å². The van der Waals surface area contributed by atoms with Crippen molar-refractivity contribution in [3.05, 3.63) is 0 Å². The molecule has 0 aliphatic rings. The zero-order chi connectivity index (χ0) is 5.70. The van der Waals surface area contributed by atoms with Gasteiger partial charge < -0.3 is 5.11 Å². The molecule has 0 aromatic rings. The molecule has 3 nitrogen and oxygen atoms in total. The molecular weight excluding hydrogens is 197 g/mol. The summed E-state index contributed by atoms with van der Waals surface area (Å²) in [5, 5.41) is 7.93. The Balaban J connectivity index is 3.14. The lowest BCUT2D eigenvalue weighted by molar-refractivity contribution is -0.133. The van der Waals surface area contributed by atoms with E-state index in [1.54, 1.807) is 0 Å². The number of hydrogen-bond acceptors (Lipinski definition) is 2. The lowest BCUT2D eigenvalue weighted by Crippen LogP contribution is -1.92. The zero-order valence-electron chi connectivity index (χ0n) is 3.89. The fourth-order valence-electron chi connectivity index (χ4n) is 0.0511. The minimum absolute atomic E-state index is 0.0718. The van der Waals surface area contributed by atoms with Crippen molar-refractivity contribution < 1.29 is 11.3 Å². The van der Waals surface area contributed by atoms with Crippen LogP contribution in [-0.4, -0.2) is 15.5 Å². The van der Waals surface area contributed by atoms with Crippen molar-refractivity contribution >= 4 is 27.0 Å². The summed E-state index contributed by atoms with van der Waals surface area (Å²) >= 11 is -0.720. The van der Waals surface area contributed by atoms with Crippen molar-refractivity contribution in [3.63, 3.8) is 0 Å². The third-order valence-electron chi connectivity index (χ3n) is 0.174. The van der Waals surface area contributed by atoms with E-state index in [-0.39, 0.29) is 4.43 Å². The first-order chi connectivity index (χ1) is 3.27. The van der Waals surface area contributed by atoms with Crippen LogP contribution in [0.25, 0.3) is 0 Å². The number of rotatable bonds is 2. The number of carboxylic acids is 1. The first-order valence-corrected chi connectivity index (χ1v) is 3.71. The molecule has 0 aromatic heterocycles. The van der Waals surface area contributed by atoms with Crippen molar-refractivity contribution in [2.45, 2.75) is 0 Å². The Bertz CT molecular complexity index is 93.7. The lowest BCUT2D eigenvalue weighted by Gasteiger charge is -1.73. The van der Waals surface area contributed by atoms with Crippen LogP contribution in [0.4, 0.5) is 0 Å². The van der Waals surface area contributed by atoms with Gasteiger partial charge in [-0.25, -0.2) is 0 Å². The Kier molecular flexibility index (Phi) is 2.22. The van der Waals surface area contributed by atoms with E-state index in [2.05, 4.69) is 3.55 Å². The normalized spacial score (nSPS) is 13.0. The average Bonchev–Trinajstić information content (AvgIpc) is 1.61. The second kappa shape index (κ2) is 3.20. The molecular formula is C2H4INO2. The highest BCUT2D eigenvalue weighted by Gasteiger charge is 1.86. The fraction of sp³-hybridized carbons (Fsp3) is 0.500. The van der Waals surface area contributed by atoms with Gasteiger partial charge >= 0.3 is 5.97 Å². The molecule has 0 unspecified atom stereocenters. The van der Waals surface area contributed by atoms with Gasteiger partial charge in [0.1, 0.15) is 4.43 Å². The highest BCUT2D eigenvalue weighted by atomic mass is 127. The van der Waals surface area contributed by atoms with E-state index in [0.717, 1.165) is 0 Å². The summed E-state index contributed by atoms with van der Waals surface area (Å²) in [6.45, 7) is 0. The van der Waals surface area contributed by atoms with E-state index in [1.807, 2.05) is 0 Å². The minimum Gasteiger partial charge on any atom is -0.481 e. The summed E-state index contributed by atoms with van der Waals surface area (Å²) in [5.74, 6) is -0.858. The largest absolute Gasteiger partial charge is 0.481 e. The molecule has 0 saturated carbocycles. The highest BCUT2D eigenvalue weighted by molar-refractivity contribution is 14.1. The lowest BCUT2D eigenvalue weighted by atomic mass is 10.9. The minimum atomic E-state index is -0.858. The number of carboxylic acid groups (broad SMARTS) is 1. The van der Waals surface area contributed by atoms with Crippen LogP contribution in [0, 0.1) is 3.55 Å². The number of hydrogen-bond donors (Lipinski definition) is 2. The summed E-state index contributed by atoms with van der Waals surface area (Å²) < 4.78 is 9.23. The number of halogens is 1. The van der Waals surface area contributed by atoms with Gasteiger partial charge in [0, 0.05) is 0 Å². The maximum absolute atomic E-state index is 9.64. The van der Waals surface area contributed by atoms with Gasteiger partial charge in [-0.15, -0.1) is 0 Å². The van der Waals surface area contributed by atoms with Crippen LogP contribution < -0.4 is 0 Å². The molecule has 0 heterocycles. The molecule has 0 saturated heterocycles. The van der Waals surface area contributed by atoms with Gasteiger partial charge in [0.2, 0.25) is 0 Å². The zero-order valence-corrected chi connectivity index (χ0v) is 5.05. The van der Waals surface area contributed by atoms with Crippen LogP contribution in [-0.2, 0) is 4.79 Å². The van der Waals surface area contributed by atoms with Crippen LogP contribution in [0.2, 0.25) is 1.41 Å². The molecule has 36 valence electrons. The first-order valence-electron chi connectivity index (χ1n) is 1.66. The van der Waals surface area contributed by atoms with Crippen molar-refractivity contribution in [2.24, 2.45) is 0 Å². The van der Waals surface area contributed by atoms with E-state index < -0.39 is 27.0 Å². The molecule has 0 aliphatic heterocycles. The van der Waals surface area contributed by atoms with E-state index in [4.69, 9.17) is 6.52 Å². The Morgan fingerprint density at radius 1 is 2.33 bits per heavy atom. The van der Waals surface area contributed by atoms with Gasteiger partial charge in [0.25, 0.3) is 0 Å². The molecule has 0 aromatic carbocycles. The van der Waals surface area contributed by atoms with Gasteiger partial charge in [0.05, 0.1) is 0 Å². The predicted molar refractivity (Wildman–Crippen MR) is 29.2 cm³/mol. The quantitative estimate of drug-likeness (QED) is 0.513. The molecule has 0 atom stereocenters. The summed E-state index contributed by atoms with van der Waals surface area (Å²) in [5.41, 5.74) is 0. The molecule has 4 heteroatoms. The summed E-state index contributed by atoms with van der Waals surface area (Å²) in [6.07, 6.45) is 0. The molecule has 0 bridgehead atoms. The molecule has 0 radical (unpaired) electrons. The van der Waals surface area contributed by atoms with Gasteiger partial charge in [-0.05, 0) is 21.0 Å². The molecule has 6 heavy (non-hydrogen) atoms. The van der Waals surface area contributed by atoms with Gasteiger partial charge in [0.15, 0.2) is 1.41 Å². The van der Waals surface area contributed by atoms with Crippen molar-refractivity contribution in [1.29, 1.82) is 3.55 Å². The van der Waals surface area contributed by atoms with Gasteiger partial charge in [-0.2, -0.15) is 0 Å². The van der Waals surface area contributed by atoms with Gasteiger partial charge in [-0.1, -0.05) is 0 Å². The van der Waals surface area contributed by atoms with E-state index in [0.29, 0.717) is 0 Å². The van der Waals surface area contributed by atoms with Crippen LogP contribution in [0.15, 0.2) is 0 Å². The molecule has 2 N–H and O–H groups in total. The van der Waals surface area contributed by atoms with Crippen molar-refractivity contribution in [3.8, 4) is 0 Å². The number of nitrogens with one attached hydrogen (secondary N) is 1. The second-order valence-electron chi connectivity index (χ2n) is 0.647. The summed E-state index contributed by atoms with van der Waals surface area (Å²) in [4.78, 5) is 9.64. The second-order valence-corrected chi connectivity index (χ2v) is 2.09. The number of aliphatic carboxylic acids is 1. The predicted octanol–water partition coefficient (Wildman–Crippen LogP) is 0.804. The maximum atomic E-state index is 9.64. The monoisotopic (exact) mass is 202 g/mol. The van der Waals surface area contributed by atoms with Crippen LogP contribution in [0.5, 0.6) is 0 Å². The highest BCUT2D eigenvalue weighted by Crippen LogP contribution is 1.88. The number of alkyl halides is 1. The summed E-state index contributed by atoms with van der Waals surface area (Å²) in [7, 11) is 0. The molecule has 0 amide bonds. The van der Waals surface area contributed by atoms with Crippen molar-refractivity contribution in [1.82, 2.24) is 0 Å². The van der Waals surface area contributed by atoms with E-state index >= 15 is 0 Å². The average molecular weight is 202 g/mol. The van der Waals surface area contributed by atoms with Crippen LogP contribution in [0.1, 0.15) is 0 Å². The van der Waals surface area contributed by atoms with E-state index in [1.165, 1.54) is 0 Å². The smallest absolute Gasteiger partial charge is 0.314 e. The first kappa shape index (κ1) is 4.17. The Morgan fingerprint density at radius 3 is 3.17 bits per heavy atom.